The van der Waals surface area contributed by atoms with Crippen LogP contribution in [-0.4, -0.2) is 52.3 Å². The normalized spacial score (nSPS) is 27.2. The van der Waals surface area contributed by atoms with Crippen LogP contribution in [0.15, 0.2) is 36.7 Å². The van der Waals surface area contributed by atoms with Gasteiger partial charge in [0.05, 0.1) is 18.4 Å². The summed E-state index contributed by atoms with van der Waals surface area (Å²) in [6.45, 7) is 3.60. The Bertz CT molecular complexity index is 869. The van der Waals surface area contributed by atoms with Gasteiger partial charge in [-0.15, -0.1) is 0 Å². The smallest absolute Gasteiger partial charge is 0.337 e. The maximum atomic E-state index is 11.1. The number of rotatable bonds is 4. The quantitative estimate of drug-likeness (QED) is 0.877. The molecule has 6 nitrogen and oxygen atoms in total. The largest absolute Gasteiger partial charge is 0.508 e. The van der Waals surface area contributed by atoms with Crippen molar-refractivity contribution in [2.75, 3.05) is 20.2 Å². The molecule has 1 aliphatic carbocycles. The first-order chi connectivity index (χ1) is 12.4. The van der Waals surface area contributed by atoms with E-state index in [1.54, 1.807) is 12.3 Å². The fraction of sp³-hybridized carbons (Fsp3) is 0.400. The molecule has 1 aliphatic heterocycles. The molecule has 136 valence electrons. The van der Waals surface area contributed by atoms with E-state index in [2.05, 4.69) is 23.9 Å². The molecular weight excluding hydrogens is 332 g/mol. The summed E-state index contributed by atoms with van der Waals surface area (Å²) in [5, 5.41) is 19.1. The molecule has 6 heteroatoms. The number of aromatic hydroxyl groups is 1. The van der Waals surface area contributed by atoms with Crippen molar-refractivity contribution >= 4 is 5.97 Å². The zero-order chi connectivity index (χ0) is 18.5. The Morgan fingerprint density at radius 2 is 2.19 bits per heavy atom. The van der Waals surface area contributed by atoms with Gasteiger partial charge in [-0.05, 0) is 42.8 Å². The molecule has 0 spiro atoms. The zero-order valence-electron chi connectivity index (χ0n) is 14.8. The highest BCUT2D eigenvalue weighted by Gasteiger charge is 2.53. The van der Waals surface area contributed by atoms with Crippen LogP contribution >= 0.6 is 0 Å². The molecule has 2 aliphatic rings. The fourth-order valence-corrected chi connectivity index (χ4v) is 4.66. The van der Waals surface area contributed by atoms with Gasteiger partial charge in [0.1, 0.15) is 11.5 Å². The van der Waals surface area contributed by atoms with Gasteiger partial charge in [0, 0.05) is 30.1 Å². The monoisotopic (exact) mass is 354 g/mol. The van der Waals surface area contributed by atoms with E-state index < -0.39 is 5.97 Å². The van der Waals surface area contributed by atoms with Crippen LogP contribution in [0.2, 0.25) is 0 Å². The molecule has 2 aromatic rings. The molecule has 3 atom stereocenters. The van der Waals surface area contributed by atoms with Crippen LogP contribution in [0.25, 0.3) is 0 Å². The molecule has 2 N–H and O–H groups in total. The first kappa shape index (κ1) is 16.8. The van der Waals surface area contributed by atoms with E-state index in [1.165, 1.54) is 23.4 Å². The number of carboxylic acid groups (broad SMARTS) is 1. The van der Waals surface area contributed by atoms with E-state index in [1.807, 2.05) is 12.1 Å². The number of hydrogen-bond donors (Lipinski definition) is 2. The molecule has 0 saturated carbocycles. The second kappa shape index (κ2) is 5.99. The van der Waals surface area contributed by atoms with Crippen LogP contribution in [0.3, 0.4) is 0 Å². The number of fused-ring (bicyclic) bond motifs is 4. The van der Waals surface area contributed by atoms with Crippen LogP contribution in [0.1, 0.15) is 28.4 Å². The average molecular weight is 354 g/mol. The minimum absolute atomic E-state index is 0.118. The second-order valence-corrected chi connectivity index (χ2v) is 7.58. The number of aromatic nitrogens is 1. The van der Waals surface area contributed by atoms with Crippen molar-refractivity contribution in [3.8, 4) is 11.5 Å². The lowest BCUT2D eigenvalue weighted by atomic mass is 9.65. The van der Waals surface area contributed by atoms with Crippen molar-refractivity contribution in [2.24, 2.45) is 5.92 Å². The molecule has 2 heterocycles. The molecule has 1 aromatic carbocycles. The molecule has 1 saturated heterocycles. The standard InChI is InChI=1S/C20H22N2O4/c1-20-11-22(2)18(6-12-3-4-14(23)7-16(12)20)17(20)10-26-15-5-13(19(24)25)8-21-9-15/h3-5,7-9,17-18,23H,6,10-11H2,1-2H3,(H,24,25)/t17?,18?,20-/m0/s1. The summed E-state index contributed by atoms with van der Waals surface area (Å²) in [7, 11) is 2.13. The van der Waals surface area contributed by atoms with Crippen LogP contribution in [-0.2, 0) is 11.8 Å². The Labute approximate surface area is 152 Å². The van der Waals surface area contributed by atoms with Gasteiger partial charge < -0.3 is 19.8 Å². The molecule has 0 radical (unpaired) electrons. The summed E-state index contributed by atoms with van der Waals surface area (Å²) in [4.78, 5) is 17.4. The van der Waals surface area contributed by atoms with Crippen molar-refractivity contribution in [1.82, 2.24) is 9.88 Å². The number of nitrogens with zero attached hydrogens (tertiary/aromatic N) is 2. The topological polar surface area (TPSA) is 82.9 Å². The van der Waals surface area contributed by atoms with Crippen LogP contribution in [0.4, 0.5) is 0 Å². The van der Waals surface area contributed by atoms with Gasteiger partial charge in [0.25, 0.3) is 0 Å². The van der Waals surface area contributed by atoms with E-state index in [9.17, 15) is 9.90 Å². The van der Waals surface area contributed by atoms with Crippen molar-refractivity contribution < 1.29 is 19.7 Å². The molecule has 4 rings (SSSR count). The lowest BCUT2D eigenvalue weighted by molar-refractivity contribution is 0.0695. The third kappa shape index (κ3) is 2.61. The van der Waals surface area contributed by atoms with Crippen molar-refractivity contribution in [3.63, 3.8) is 0 Å². The van der Waals surface area contributed by atoms with Crippen molar-refractivity contribution in [3.05, 3.63) is 53.3 Å². The molecule has 2 bridgehead atoms. The maximum Gasteiger partial charge on any atom is 0.337 e. The summed E-state index contributed by atoms with van der Waals surface area (Å²) < 4.78 is 5.96. The van der Waals surface area contributed by atoms with Crippen LogP contribution in [0.5, 0.6) is 11.5 Å². The first-order valence-electron chi connectivity index (χ1n) is 8.72. The molecule has 0 amide bonds. The van der Waals surface area contributed by atoms with Gasteiger partial charge in [-0.1, -0.05) is 13.0 Å². The van der Waals surface area contributed by atoms with Crippen LogP contribution in [0, 0.1) is 5.92 Å². The van der Waals surface area contributed by atoms with E-state index in [4.69, 9.17) is 9.84 Å². The predicted octanol–water partition coefficient (Wildman–Crippen LogP) is 2.31. The highest BCUT2D eigenvalue weighted by molar-refractivity contribution is 5.87. The van der Waals surface area contributed by atoms with Crippen LogP contribution < -0.4 is 4.74 Å². The Morgan fingerprint density at radius 1 is 1.38 bits per heavy atom. The van der Waals surface area contributed by atoms with Gasteiger partial charge in [0.2, 0.25) is 0 Å². The van der Waals surface area contributed by atoms with Crippen molar-refractivity contribution in [2.45, 2.75) is 24.8 Å². The minimum Gasteiger partial charge on any atom is -0.508 e. The van der Waals surface area contributed by atoms with Gasteiger partial charge in [-0.3, -0.25) is 4.98 Å². The van der Waals surface area contributed by atoms with Crippen molar-refractivity contribution in [1.29, 1.82) is 0 Å². The lowest BCUT2D eigenvalue weighted by Gasteiger charge is -2.39. The predicted molar refractivity (Wildman–Crippen MR) is 95.8 cm³/mol. The maximum absolute atomic E-state index is 11.1. The number of carbonyl (C=O) groups is 1. The lowest BCUT2D eigenvalue weighted by Crippen LogP contribution is -2.43. The van der Waals surface area contributed by atoms with Gasteiger partial charge in [-0.25, -0.2) is 4.79 Å². The first-order valence-corrected chi connectivity index (χ1v) is 8.72. The summed E-state index contributed by atoms with van der Waals surface area (Å²) in [5.41, 5.74) is 2.46. The molecule has 2 unspecified atom stereocenters. The number of likely N-dealkylation sites (tertiary alicyclic amines) is 1. The number of pyridine rings is 1. The summed E-state index contributed by atoms with van der Waals surface area (Å²) in [5.74, 6) is -0.0136. The SMILES string of the molecule is CN1C[C@@]2(C)c3cc(O)ccc3CC1C2COc1cncc(C(=O)O)c1. The zero-order valence-corrected chi connectivity index (χ0v) is 14.8. The van der Waals surface area contributed by atoms with E-state index in [-0.39, 0.29) is 22.6 Å². The Hall–Kier alpha value is -2.60. The van der Waals surface area contributed by atoms with Gasteiger partial charge >= 0.3 is 5.97 Å². The molecular formula is C20H22N2O4. The fourth-order valence-electron chi connectivity index (χ4n) is 4.66. The number of likely N-dealkylation sites (N-methyl/N-ethyl adjacent to an activating group) is 1. The van der Waals surface area contributed by atoms with E-state index >= 15 is 0 Å². The third-order valence-corrected chi connectivity index (χ3v) is 5.95. The highest BCUT2D eigenvalue weighted by Crippen LogP contribution is 2.49. The number of phenolic OH excluding ortho intramolecular Hbond substituents is 1. The Morgan fingerprint density at radius 3 is 2.96 bits per heavy atom. The Balaban J connectivity index is 1.61. The summed E-state index contributed by atoms with van der Waals surface area (Å²) >= 11 is 0. The molecule has 1 fully saturated rings. The number of phenols is 1. The van der Waals surface area contributed by atoms with Gasteiger partial charge in [-0.2, -0.15) is 0 Å². The number of ether oxygens (including phenoxy) is 1. The summed E-state index contributed by atoms with van der Waals surface area (Å²) in [6, 6.07) is 7.51. The number of hydrogen-bond acceptors (Lipinski definition) is 5. The van der Waals surface area contributed by atoms with Gasteiger partial charge in [0.15, 0.2) is 0 Å². The summed E-state index contributed by atoms with van der Waals surface area (Å²) in [6.07, 6.45) is 3.78. The minimum atomic E-state index is -1.02. The van der Waals surface area contributed by atoms with E-state index in [0.717, 1.165) is 13.0 Å². The third-order valence-electron chi connectivity index (χ3n) is 5.95. The number of aromatic carboxylic acids is 1. The van der Waals surface area contributed by atoms with E-state index in [0.29, 0.717) is 18.4 Å². The average Bonchev–Trinajstić information content (AvgIpc) is 2.78. The Kier molecular flexibility index (Phi) is 3.88. The molecule has 1 aromatic heterocycles. The molecule has 26 heavy (non-hydrogen) atoms. The number of benzene rings is 1. The highest BCUT2D eigenvalue weighted by atomic mass is 16.5. The number of carboxylic acids is 1. The second-order valence-electron chi connectivity index (χ2n) is 7.58.